The molecule has 0 saturated heterocycles. The highest BCUT2D eigenvalue weighted by Gasteiger charge is 2.00. The topological polar surface area (TPSA) is 17.8 Å². The van der Waals surface area contributed by atoms with E-state index in [0.717, 1.165) is 11.4 Å². The Morgan fingerprint density at radius 2 is 1.77 bits per heavy atom. The quantitative estimate of drug-likeness (QED) is 0.646. The van der Waals surface area contributed by atoms with E-state index in [0.29, 0.717) is 0 Å². The van der Waals surface area contributed by atoms with Crippen molar-refractivity contribution in [3.05, 3.63) is 47.8 Å². The van der Waals surface area contributed by atoms with Crippen molar-refractivity contribution < 1.29 is 0 Å². The van der Waals surface area contributed by atoms with Crippen molar-refractivity contribution in [2.75, 3.05) is 0 Å². The predicted octanol–water partition coefficient (Wildman–Crippen LogP) is 2.49. The highest BCUT2D eigenvalue weighted by Crippen LogP contribution is 2.09. The lowest BCUT2D eigenvalue weighted by Gasteiger charge is -1.98. The van der Waals surface area contributed by atoms with Crippen molar-refractivity contribution in [1.82, 2.24) is 9.78 Å². The SMILES string of the molecule is Cc1cn(-c2ccccc2)nc1C. The van der Waals surface area contributed by atoms with Gasteiger partial charge in [-0.1, -0.05) is 18.2 Å². The largest absolute Gasteiger partial charge is 0.240 e. The number of hydrogen-bond acceptors (Lipinski definition) is 1. The second-order valence-corrected chi connectivity index (χ2v) is 3.18. The smallest absolute Gasteiger partial charge is 0.0645 e. The van der Waals surface area contributed by atoms with Crippen LogP contribution in [0.1, 0.15) is 11.3 Å². The van der Waals surface area contributed by atoms with Gasteiger partial charge < -0.3 is 0 Å². The number of benzene rings is 1. The van der Waals surface area contributed by atoms with Crippen LogP contribution in [0.4, 0.5) is 0 Å². The third-order valence-electron chi connectivity index (χ3n) is 2.17. The standard InChI is InChI=1S/C11H12N2/c1-9-8-13(12-10(9)2)11-6-4-3-5-7-11/h3-8H,1-2H3. The highest BCUT2D eigenvalue weighted by molar-refractivity contribution is 5.32. The first-order valence-corrected chi connectivity index (χ1v) is 4.35. The first-order chi connectivity index (χ1) is 6.27. The lowest BCUT2D eigenvalue weighted by Crippen LogP contribution is -1.93. The second-order valence-electron chi connectivity index (χ2n) is 3.18. The maximum absolute atomic E-state index is 4.40. The molecule has 0 aliphatic carbocycles. The molecule has 0 amide bonds. The van der Waals surface area contributed by atoms with Crippen molar-refractivity contribution >= 4 is 0 Å². The molecule has 0 radical (unpaired) electrons. The Morgan fingerprint density at radius 1 is 1.08 bits per heavy atom. The fraction of sp³-hybridized carbons (Fsp3) is 0.182. The lowest BCUT2D eigenvalue weighted by molar-refractivity contribution is 0.863. The number of aromatic nitrogens is 2. The summed E-state index contributed by atoms with van der Waals surface area (Å²) in [6, 6.07) is 10.1. The molecule has 0 spiro atoms. The molecule has 0 N–H and O–H groups in total. The van der Waals surface area contributed by atoms with Crippen molar-refractivity contribution in [2.45, 2.75) is 13.8 Å². The van der Waals surface area contributed by atoms with E-state index in [2.05, 4.69) is 12.0 Å². The molecule has 1 heterocycles. The monoisotopic (exact) mass is 172 g/mol. The van der Waals surface area contributed by atoms with Crippen molar-refractivity contribution in [1.29, 1.82) is 0 Å². The van der Waals surface area contributed by atoms with E-state index in [1.165, 1.54) is 5.56 Å². The Kier molecular flexibility index (Phi) is 1.89. The van der Waals surface area contributed by atoms with Crippen LogP contribution in [0.25, 0.3) is 5.69 Å². The third-order valence-corrected chi connectivity index (χ3v) is 2.17. The summed E-state index contributed by atoms with van der Waals surface area (Å²) in [6.45, 7) is 4.09. The molecule has 0 unspecified atom stereocenters. The summed E-state index contributed by atoms with van der Waals surface area (Å²) in [5.74, 6) is 0. The first kappa shape index (κ1) is 8.05. The normalized spacial score (nSPS) is 10.3. The van der Waals surface area contributed by atoms with E-state index in [-0.39, 0.29) is 0 Å². The fourth-order valence-corrected chi connectivity index (χ4v) is 1.26. The van der Waals surface area contributed by atoms with Gasteiger partial charge in [-0.05, 0) is 31.5 Å². The fourth-order valence-electron chi connectivity index (χ4n) is 1.26. The minimum absolute atomic E-state index is 1.09. The molecule has 13 heavy (non-hydrogen) atoms. The van der Waals surface area contributed by atoms with Gasteiger partial charge in [0.2, 0.25) is 0 Å². The molecular formula is C11H12N2. The highest BCUT2D eigenvalue weighted by atomic mass is 15.3. The Bertz CT molecular complexity index is 382. The molecule has 0 aliphatic rings. The van der Waals surface area contributed by atoms with Crippen LogP contribution in [0, 0.1) is 13.8 Å². The molecule has 2 heteroatoms. The Balaban J connectivity index is 2.48. The van der Waals surface area contributed by atoms with Crippen molar-refractivity contribution in [3.63, 3.8) is 0 Å². The van der Waals surface area contributed by atoms with Gasteiger partial charge >= 0.3 is 0 Å². The van der Waals surface area contributed by atoms with E-state index < -0.39 is 0 Å². The Labute approximate surface area is 77.8 Å². The minimum Gasteiger partial charge on any atom is -0.240 e. The van der Waals surface area contributed by atoms with Crippen LogP contribution in [-0.4, -0.2) is 9.78 Å². The van der Waals surface area contributed by atoms with Crippen LogP contribution in [0.5, 0.6) is 0 Å². The van der Waals surface area contributed by atoms with E-state index in [1.54, 1.807) is 0 Å². The summed E-state index contributed by atoms with van der Waals surface area (Å²) in [4.78, 5) is 0. The molecule has 0 atom stereocenters. The van der Waals surface area contributed by atoms with Gasteiger partial charge in [0.25, 0.3) is 0 Å². The average Bonchev–Trinajstić information content (AvgIpc) is 2.49. The molecule has 0 bridgehead atoms. The zero-order chi connectivity index (χ0) is 9.26. The van der Waals surface area contributed by atoms with Crippen LogP contribution in [0.3, 0.4) is 0 Å². The number of rotatable bonds is 1. The van der Waals surface area contributed by atoms with E-state index in [4.69, 9.17) is 0 Å². The predicted molar refractivity (Wildman–Crippen MR) is 53.0 cm³/mol. The van der Waals surface area contributed by atoms with Crippen LogP contribution in [-0.2, 0) is 0 Å². The molecule has 66 valence electrons. The molecule has 0 fully saturated rings. The third kappa shape index (κ3) is 1.47. The van der Waals surface area contributed by atoms with Gasteiger partial charge in [0.15, 0.2) is 0 Å². The summed E-state index contributed by atoms with van der Waals surface area (Å²) >= 11 is 0. The maximum Gasteiger partial charge on any atom is 0.0645 e. The van der Waals surface area contributed by atoms with Gasteiger partial charge in [0, 0.05) is 6.20 Å². The van der Waals surface area contributed by atoms with Gasteiger partial charge in [-0.25, -0.2) is 4.68 Å². The zero-order valence-corrected chi connectivity index (χ0v) is 7.86. The van der Waals surface area contributed by atoms with Gasteiger partial charge in [-0.3, -0.25) is 0 Å². The summed E-state index contributed by atoms with van der Waals surface area (Å²) in [6.07, 6.45) is 2.05. The van der Waals surface area contributed by atoms with Crippen molar-refractivity contribution in [2.24, 2.45) is 0 Å². The zero-order valence-electron chi connectivity index (χ0n) is 7.86. The minimum atomic E-state index is 1.09. The van der Waals surface area contributed by atoms with Gasteiger partial charge in [0.1, 0.15) is 0 Å². The average molecular weight is 172 g/mol. The molecule has 0 aliphatic heterocycles. The molecule has 1 aromatic heterocycles. The summed E-state index contributed by atoms with van der Waals surface area (Å²) in [7, 11) is 0. The van der Waals surface area contributed by atoms with Crippen LogP contribution in [0.2, 0.25) is 0 Å². The Morgan fingerprint density at radius 3 is 2.31 bits per heavy atom. The molecule has 0 saturated carbocycles. The van der Waals surface area contributed by atoms with E-state index >= 15 is 0 Å². The molecular weight excluding hydrogens is 160 g/mol. The van der Waals surface area contributed by atoms with E-state index in [1.807, 2.05) is 48.1 Å². The van der Waals surface area contributed by atoms with Crippen LogP contribution in [0.15, 0.2) is 36.5 Å². The number of nitrogens with zero attached hydrogens (tertiary/aromatic N) is 2. The maximum atomic E-state index is 4.40. The van der Waals surface area contributed by atoms with Gasteiger partial charge in [-0.2, -0.15) is 5.10 Å². The second kappa shape index (κ2) is 3.05. The summed E-state index contributed by atoms with van der Waals surface area (Å²) < 4.78 is 1.91. The van der Waals surface area contributed by atoms with E-state index in [9.17, 15) is 0 Å². The summed E-state index contributed by atoms with van der Waals surface area (Å²) in [5.41, 5.74) is 3.42. The number of aryl methyl sites for hydroxylation is 2. The number of hydrogen-bond donors (Lipinski definition) is 0. The van der Waals surface area contributed by atoms with Gasteiger partial charge in [-0.15, -0.1) is 0 Å². The molecule has 2 rings (SSSR count). The summed E-state index contributed by atoms with van der Waals surface area (Å²) in [5, 5.41) is 4.40. The van der Waals surface area contributed by atoms with Crippen LogP contribution >= 0.6 is 0 Å². The van der Waals surface area contributed by atoms with Crippen LogP contribution < -0.4 is 0 Å². The Hall–Kier alpha value is -1.57. The lowest BCUT2D eigenvalue weighted by atomic mass is 10.3. The molecule has 2 aromatic rings. The molecule has 2 nitrogen and oxygen atoms in total. The number of para-hydroxylation sites is 1. The molecule has 1 aromatic carbocycles. The van der Waals surface area contributed by atoms with Crippen molar-refractivity contribution in [3.8, 4) is 5.69 Å². The first-order valence-electron chi connectivity index (χ1n) is 4.35. The van der Waals surface area contributed by atoms with Gasteiger partial charge in [0.05, 0.1) is 11.4 Å².